The highest BCUT2D eigenvalue weighted by molar-refractivity contribution is 5.98. The van der Waals surface area contributed by atoms with Crippen molar-refractivity contribution >= 4 is 17.2 Å². The molecule has 1 N–H and O–H groups in total. The Bertz CT molecular complexity index is 1160. The van der Waals surface area contributed by atoms with E-state index in [4.69, 9.17) is 14.2 Å². The van der Waals surface area contributed by atoms with Gasteiger partial charge in [-0.3, -0.25) is 9.78 Å². The molecule has 0 bridgehead atoms. The van der Waals surface area contributed by atoms with Crippen LogP contribution >= 0.6 is 0 Å². The molecule has 2 aliphatic heterocycles. The SMILES string of the molecule is CCNc1cc(Cc2ccc(C(=O)N3CCOCC3)c3c2OCO3)nc2c1C(C(F)(F)F)=CC2. The number of fused-ring (bicyclic) bond motifs is 2. The van der Waals surface area contributed by atoms with Gasteiger partial charge in [0.2, 0.25) is 6.79 Å². The number of pyridine rings is 1. The highest BCUT2D eigenvalue weighted by Crippen LogP contribution is 2.44. The Morgan fingerprint density at radius 1 is 1.18 bits per heavy atom. The molecule has 3 aliphatic rings. The number of nitrogens with one attached hydrogen (secondary N) is 1. The molecule has 10 heteroatoms. The number of benzene rings is 1. The highest BCUT2D eigenvalue weighted by atomic mass is 19.4. The molecule has 1 amide bonds. The summed E-state index contributed by atoms with van der Waals surface area (Å²) in [5.41, 5.74) is 2.06. The minimum Gasteiger partial charge on any atom is -0.453 e. The fraction of sp³-hybridized carbons (Fsp3) is 0.417. The molecule has 3 heterocycles. The zero-order chi connectivity index (χ0) is 23.9. The molecule has 0 atom stereocenters. The quantitative estimate of drug-likeness (QED) is 0.709. The Morgan fingerprint density at radius 3 is 2.68 bits per heavy atom. The molecule has 0 radical (unpaired) electrons. The van der Waals surface area contributed by atoms with Gasteiger partial charge in [-0.05, 0) is 19.1 Å². The van der Waals surface area contributed by atoms with Crippen molar-refractivity contribution in [1.82, 2.24) is 9.88 Å². The first-order valence-electron chi connectivity index (χ1n) is 11.2. The highest BCUT2D eigenvalue weighted by Gasteiger charge is 2.40. The van der Waals surface area contributed by atoms with Gasteiger partial charge < -0.3 is 24.4 Å². The second kappa shape index (κ2) is 8.83. The van der Waals surface area contributed by atoms with Crippen molar-refractivity contribution in [3.63, 3.8) is 0 Å². The molecule has 0 spiro atoms. The summed E-state index contributed by atoms with van der Waals surface area (Å²) in [6.45, 7) is 4.31. The first kappa shape index (κ1) is 22.5. The number of hydrogen-bond acceptors (Lipinski definition) is 6. The Morgan fingerprint density at radius 2 is 1.94 bits per heavy atom. The second-order valence-corrected chi connectivity index (χ2v) is 8.25. The number of rotatable bonds is 5. The Balaban J connectivity index is 1.46. The lowest BCUT2D eigenvalue weighted by Gasteiger charge is -2.27. The Kier molecular flexibility index (Phi) is 5.85. The van der Waals surface area contributed by atoms with Crippen LogP contribution in [0.5, 0.6) is 11.5 Å². The Hall–Kier alpha value is -3.27. The predicted octanol–water partition coefficient (Wildman–Crippen LogP) is 3.81. The van der Waals surface area contributed by atoms with E-state index in [1.54, 1.807) is 23.1 Å². The molecule has 7 nitrogen and oxygen atoms in total. The zero-order valence-electron chi connectivity index (χ0n) is 18.6. The number of anilines is 1. The van der Waals surface area contributed by atoms with Crippen molar-refractivity contribution in [1.29, 1.82) is 0 Å². The number of aromatic nitrogens is 1. The van der Waals surface area contributed by atoms with Crippen molar-refractivity contribution in [3.8, 4) is 11.5 Å². The number of alkyl halides is 3. The van der Waals surface area contributed by atoms with Crippen LogP contribution in [0.15, 0.2) is 24.3 Å². The summed E-state index contributed by atoms with van der Waals surface area (Å²) in [6.07, 6.45) is -2.80. The number of carbonyl (C=O) groups is 1. The van der Waals surface area contributed by atoms with Crippen LogP contribution in [0.1, 0.15) is 39.8 Å². The molecule has 0 unspecified atom stereocenters. The molecular weight excluding hydrogens is 451 g/mol. The molecule has 5 rings (SSSR count). The van der Waals surface area contributed by atoms with Crippen LogP contribution in [-0.2, 0) is 17.6 Å². The van der Waals surface area contributed by atoms with Crippen LogP contribution in [0.2, 0.25) is 0 Å². The van der Waals surface area contributed by atoms with Gasteiger partial charge in [0.15, 0.2) is 11.5 Å². The molecule has 34 heavy (non-hydrogen) atoms. The zero-order valence-corrected chi connectivity index (χ0v) is 18.6. The normalized spacial score (nSPS) is 16.9. The lowest BCUT2D eigenvalue weighted by atomic mass is 10.0. The van der Waals surface area contributed by atoms with Gasteiger partial charge in [0.25, 0.3) is 5.91 Å². The lowest BCUT2D eigenvalue weighted by molar-refractivity contribution is -0.0687. The van der Waals surface area contributed by atoms with Crippen LogP contribution in [0, 0.1) is 0 Å². The predicted molar refractivity (Wildman–Crippen MR) is 118 cm³/mol. The third-order valence-electron chi connectivity index (χ3n) is 6.09. The maximum Gasteiger partial charge on any atom is 0.416 e. The standard InChI is InChI=1S/C24H24F3N3O4/c1-2-28-19-12-15(29-18-6-5-17(20(18)19)24(25,26)27)11-14-3-4-16(22-21(14)33-13-34-22)23(31)30-7-9-32-10-8-30/h3-5,12H,2,6-11,13H2,1H3,(H,28,29). The van der Waals surface area contributed by atoms with Gasteiger partial charge in [-0.15, -0.1) is 0 Å². The fourth-order valence-corrected chi connectivity index (χ4v) is 4.57. The number of halogens is 3. The fourth-order valence-electron chi connectivity index (χ4n) is 4.57. The van der Waals surface area contributed by atoms with Gasteiger partial charge in [-0.25, -0.2) is 0 Å². The Labute approximate surface area is 194 Å². The molecule has 1 saturated heterocycles. The summed E-state index contributed by atoms with van der Waals surface area (Å²) in [4.78, 5) is 19.3. The van der Waals surface area contributed by atoms with Crippen LogP contribution < -0.4 is 14.8 Å². The topological polar surface area (TPSA) is 72.9 Å². The third-order valence-corrected chi connectivity index (χ3v) is 6.09. The molecule has 1 fully saturated rings. The minimum absolute atomic E-state index is 0.00510. The van der Waals surface area contributed by atoms with Crippen molar-refractivity contribution in [3.05, 3.63) is 52.4 Å². The average molecular weight is 475 g/mol. The summed E-state index contributed by atoms with van der Waals surface area (Å²) in [5.74, 6) is 0.719. The van der Waals surface area contributed by atoms with Crippen LogP contribution in [-0.4, -0.2) is 61.6 Å². The van der Waals surface area contributed by atoms with Gasteiger partial charge in [-0.1, -0.05) is 12.1 Å². The average Bonchev–Trinajstić information content (AvgIpc) is 3.47. The molecular formula is C24H24F3N3O4. The van der Waals surface area contributed by atoms with Gasteiger partial charge in [0.05, 0.1) is 30.0 Å². The largest absolute Gasteiger partial charge is 0.453 e. The smallest absolute Gasteiger partial charge is 0.416 e. The van der Waals surface area contributed by atoms with Gasteiger partial charge in [-0.2, -0.15) is 13.2 Å². The van der Waals surface area contributed by atoms with Gasteiger partial charge in [0, 0.05) is 55.0 Å². The van der Waals surface area contributed by atoms with Crippen molar-refractivity contribution in [2.24, 2.45) is 0 Å². The first-order chi connectivity index (χ1) is 16.4. The van der Waals surface area contributed by atoms with E-state index < -0.39 is 11.7 Å². The van der Waals surface area contributed by atoms with Crippen molar-refractivity contribution in [2.45, 2.75) is 25.9 Å². The third kappa shape index (κ3) is 4.06. The van der Waals surface area contributed by atoms with Crippen LogP contribution in [0.25, 0.3) is 5.57 Å². The number of allylic oxidation sites excluding steroid dienone is 2. The van der Waals surface area contributed by atoms with E-state index in [1.807, 2.05) is 6.92 Å². The lowest BCUT2D eigenvalue weighted by Crippen LogP contribution is -2.40. The van der Waals surface area contributed by atoms with Crippen molar-refractivity contribution in [2.75, 3.05) is 45.0 Å². The van der Waals surface area contributed by atoms with Crippen molar-refractivity contribution < 1.29 is 32.2 Å². The molecule has 1 aliphatic carbocycles. The number of morpholine rings is 1. The monoisotopic (exact) mass is 475 g/mol. The number of carbonyl (C=O) groups excluding carboxylic acids is 1. The molecule has 1 aromatic carbocycles. The van der Waals surface area contributed by atoms with Gasteiger partial charge >= 0.3 is 6.18 Å². The summed E-state index contributed by atoms with van der Waals surface area (Å²) in [7, 11) is 0. The number of amides is 1. The summed E-state index contributed by atoms with van der Waals surface area (Å²) < 4.78 is 57.2. The van der Waals surface area contributed by atoms with Crippen LogP contribution in [0.4, 0.5) is 18.9 Å². The number of ether oxygens (including phenoxy) is 3. The van der Waals surface area contributed by atoms with E-state index >= 15 is 0 Å². The summed E-state index contributed by atoms with van der Waals surface area (Å²) in [5, 5.41) is 3.05. The first-order valence-corrected chi connectivity index (χ1v) is 11.2. The second-order valence-electron chi connectivity index (χ2n) is 8.25. The van der Waals surface area contributed by atoms with E-state index in [1.165, 1.54) is 6.08 Å². The molecule has 1 aromatic heterocycles. The minimum atomic E-state index is -4.44. The number of nitrogens with zero attached hydrogens (tertiary/aromatic N) is 2. The van der Waals surface area contributed by atoms with E-state index in [0.717, 1.165) is 5.56 Å². The maximum absolute atomic E-state index is 13.5. The number of hydrogen-bond donors (Lipinski definition) is 1. The van der Waals surface area contributed by atoms with E-state index in [9.17, 15) is 18.0 Å². The van der Waals surface area contributed by atoms with E-state index in [2.05, 4.69) is 10.3 Å². The maximum atomic E-state index is 13.5. The molecule has 180 valence electrons. The molecule has 0 saturated carbocycles. The van der Waals surface area contributed by atoms with Crippen LogP contribution in [0.3, 0.4) is 0 Å². The van der Waals surface area contributed by atoms with Gasteiger partial charge in [0.1, 0.15) is 0 Å². The summed E-state index contributed by atoms with van der Waals surface area (Å²) in [6, 6.07) is 5.16. The van der Waals surface area contributed by atoms with E-state index in [-0.39, 0.29) is 24.7 Å². The molecule has 2 aromatic rings. The van der Waals surface area contributed by atoms with E-state index in [0.29, 0.717) is 73.4 Å². The summed E-state index contributed by atoms with van der Waals surface area (Å²) >= 11 is 0.